The highest BCUT2D eigenvalue weighted by Crippen LogP contribution is 2.35. The normalized spacial score (nSPS) is 26.7. The van der Waals surface area contributed by atoms with E-state index in [-0.39, 0.29) is 0 Å². The number of hydrogen-bond donors (Lipinski definition) is 1. The quantitative estimate of drug-likeness (QED) is 0.804. The second-order valence-corrected chi connectivity index (χ2v) is 5.96. The molecule has 0 radical (unpaired) electrons. The lowest BCUT2D eigenvalue weighted by atomic mass is 9.92. The van der Waals surface area contributed by atoms with Crippen LogP contribution in [0.15, 0.2) is 5.38 Å². The molecule has 0 aromatic carbocycles. The fraction of sp³-hybridized carbons (Fsp3) is 0.692. The minimum absolute atomic E-state index is 0.617. The second kappa shape index (κ2) is 4.47. The molecule has 1 fully saturated rings. The van der Waals surface area contributed by atoms with Gasteiger partial charge < -0.3 is 5.32 Å². The van der Waals surface area contributed by atoms with Gasteiger partial charge in [-0.2, -0.15) is 0 Å². The standard InChI is InChI=1S/C13H20N2S/c1-15-7-6-14-8-12(15)11-9-16-13-5-3-2-4-10(11)13/h9,12,14H,2-8H2,1H3. The van der Waals surface area contributed by atoms with Crippen LogP contribution in [0, 0.1) is 0 Å². The molecule has 3 heteroatoms. The zero-order valence-corrected chi connectivity index (χ0v) is 10.8. The molecule has 16 heavy (non-hydrogen) atoms. The maximum atomic E-state index is 3.52. The topological polar surface area (TPSA) is 15.3 Å². The van der Waals surface area contributed by atoms with Gasteiger partial charge in [-0.25, -0.2) is 0 Å². The molecule has 2 heterocycles. The number of rotatable bonds is 1. The molecule has 1 unspecified atom stereocenters. The number of likely N-dealkylation sites (N-methyl/N-ethyl adjacent to an activating group) is 1. The lowest BCUT2D eigenvalue weighted by Crippen LogP contribution is -2.44. The van der Waals surface area contributed by atoms with Gasteiger partial charge in [-0.05, 0) is 49.2 Å². The van der Waals surface area contributed by atoms with E-state index < -0.39 is 0 Å². The summed E-state index contributed by atoms with van der Waals surface area (Å²) in [6.45, 7) is 3.44. The summed E-state index contributed by atoms with van der Waals surface area (Å²) in [5.74, 6) is 0. The Balaban J connectivity index is 1.90. The van der Waals surface area contributed by atoms with Crippen LogP contribution >= 0.6 is 11.3 Å². The molecule has 0 bridgehead atoms. The lowest BCUT2D eigenvalue weighted by Gasteiger charge is -2.34. The summed E-state index contributed by atoms with van der Waals surface area (Å²) >= 11 is 1.99. The summed E-state index contributed by atoms with van der Waals surface area (Å²) in [6.07, 6.45) is 5.43. The summed E-state index contributed by atoms with van der Waals surface area (Å²) in [5, 5.41) is 5.94. The highest BCUT2D eigenvalue weighted by molar-refractivity contribution is 7.10. The van der Waals surface area contributed by atoms with Crippen LogP contribution in [-0.2, 0) is 12.8 Å². The first kappa shape index (κ1) is 10.8. The average molecular weight is 236 g/mol. The number of fused-ring (bicyclic) bond motifs is 1. The molecule has 1 aliphatic carbocycles. The fourth-order valence-corrected chi connectivity index (χ4v) is 4.14. The number of aryl methyl sites for hydroxylation is 1. The summed E-state index contributed by atoms with van der Waals surface area (Å²) in [7, 11) is 2.26. The van der Waals surface area contributed by atoms with Crippen molar-refractivity contribution in [1.82, 2.24) is 10.2 Å². The van der Waals surface area contributed by atoms with E-state index in [2.05, 4.69) is 22.6 Å². The van der Waals surface area contributed by atoms with Gasteiger partial charge in [0.2, 0.25) is 0 Å². The van der Waals surface area contributed by atoms with Crippen molar-refractivity contribution in [2.75, 3.05) is 26.7 Å². The Morgan fingerprint density at radius 3 is 3.12 bits per heavy atom. The van der Waals surface area contributed by atoms with Crippen LogP contribution in [0.3, 0.4) is 0 Å². The zero-order chi connectivity index (χ0) is 11.0. The summed E-state index contributed by atoms with van der Waals surface area (Å²) in [5.41, 5.74) is 3.31. The van der Waals surface area contributed by atoms with Gasteiger partial charge in [0.25, 0.3) is 0 Å². The molecular weight excluding hydrogens is 216 g/mol. The first-order valence-electron chi connectivity index (χ1n) is 6.36. The minimum Gasteiger partial charge on any atom is -0.314 e. The highest BCUT2D eigenvalue weighted by atomic mass is 32.1. The smallest absolute Gasteiger partial charge is 0.0481 e. The van der Waals surface area contributed by atoms with Crippen molar-refractivity contribution < 1.29 is 0 Å². The van der Waals surface area contributed by atoms with E-state index in [4.69, 9.17) is 0 Å². The van der Waals surface area contributed by atoms with Crippen LogP contribution in [-0.4, -0.2) is 31.6 Å². The Morgan fingerprint density at radius 1 is 1.38 bits per heavy atom. The van der Waals surface area contributed by atoms with Crippen LogP contribution in [0.4, 0.5) is 0 Å². The zero-order valence-electron chi connectivity index (χ0n) is 9.96. The number of piperazine rings is 1. The van der Waals surface area contributed by atoms with Gasteiger partial charge in [-0.15, -0.1) is 11.3 Å². The molecule has 0 amide bonds. The molecule has 2 nitrogen and oxygen atoms in total. The molecule has 1 saturated heterocycles. The summed E-state index contributed by atoms with van der Waals surface area (Å²) in [6, 6.07) is 0.617. The average Bonchev–Trinajstić information content (AvgIpc) is 2.74. The van der Waals surface area contributed by atoms with Crippen molar-refractivity contribution in [3.8, 4) is 0 Å². The molecule has 2 aliphatic rings. The predicted molar refractivity (Wildman–Crippen MR) is 69.2 cm³/mol. The van der Waals surface area contributed by atoms with E-state index in [0.29, 0.717) is 6.04 Å². The molecule has 1 atom stereocenters. The minimum atomic E-state index is 0.617. The van der Waals surface area contributed by atoms with Crippen molar-refractivity contribution in [2.45, 2.75) is 31.7 Å². The number of nitrogens with one attached hydrogen (secondary N) is 1. The number of hydrogen-bond acceptors (Lipinski definition) is 3. The Morgan fingerprint density at radius 2 is 2.25 bits per heavy atom. The van der Waals surface area contributed by atoms with Gasteiger partial charge in [0, 0.05) is 30.6 Å². The van der Waals surface area contributed by atoms with Gasteiger partial charge in [-0.1, -0.05) is 0 Å². The predicted octanol–water partition coefficient (Wildman–Crippen LogP) is 2.20. The molecule has 0 saturated carbocycles. The maximum Gasteiger partial charge on any atom is 0.0481 e. The van der Waals surface area contributed by atoms with Crippen LogP contribution in [0.5, 0.6) is 0 Å². The monoisotopic (exact) mass is 236 g/mol. The Bertz CT molecular complexity index is 372. The number of thiophene rings is 1. The summed E-state index contributed by atoms with van der Waals surface area (Å²) in [4.78, 5) is 4.17. The fourth-order valence-electron chi connectivity index (χ4n) is 2.95. The van der Waals surface area contributed by atoms with Crippen molar-refractivity contribution in [3.05, 3.63) is 21.4 Å². The van der Waals surface area contributed by atoms with E-state index >= 15 is 0 Å². The van der Waals surface area contributed by atoms with E-state index in [9.17, 15) is 0 Å². The van der Waals surface area contributed by atoms with Gasteiger partial charge >= 0.3 is 0 Å². The van der Waals surface area contributed by atoms with Crippen LogP contribution < -0.4 is 5.32 Å². The Kier molecular flexibility index (Phi) is 3.01. The van der Waals surface area contributed by atoms with Gasteiger partial charge in [0.15, 0.2) is 0 Å². The molecule has 1 aliphatic heterocycles. The van der Waals surface area contributed by atoms with Crippen LogP contribution in [0.2, 0.25) is 0 Å². The molecule has 1 aromatic heterocycles. The second-order valence-electron chi connectivity index (χ2n) is 5.00. The Hall–Kier alpha value is -0.380. The molecule has 1 N–H and O–H groups in total. The van der Waals surface area contributed by atoms with E-state index in [1.807, 2.05) is 11.3 Å². The first-order valence-corrected chi connectivity index (χ1v) is 7.24. The third kappa shape index (κ3) is 1.81. The third-order valence-electron chi connectivity index (χ3n) is 3.96. The van der Waals surface area contributed by atoms with E-state index in [1.165, 1.54) is 32.2 Å². The lowest BCUT2D eigenvalue weighted by molar-refractivity contribution is 0.201. The van der Waals surface area contributed by atoms with Crippen molar-refractivity contribution in [2.24, 2.45) is 0 Å². The first-order chi connectivity index (χ1) is 7.86. The highest BCUT2D eigenvalue weighted by Gasteiger charge is 2.26. The number of nitrogens with zero attached hydrogens (tertiary/aromatic N) is 1. The Labute approximate surface area is 102 Å². The summed E-state index contributed by atoms with van der Waals surface area (Å²) < 4.78 is 0. The van der Waals surface area contributed by atoms with Gasteiger partial charge in [0.05, 0.1) is 0 Å². The van der Waals surface area contributed by atoms with Crippen molar-refractivity contribution in [1.29, 1.82) is 0 Å². The van der Waals surface area contributed by atoms with E-state index in [0.717, 1.165) is 13.1 Å². The van der Waals surface area contributed by atoms with Crippen LogP contribution in [0.25, 0.3) is 0 Å². The van der Waals surface area contributed by atoms with Crippen LogP contribution in [0.1, 0.15) is 34.9 Å². The molecule has 88 valence electrons. The maximum absolute atomic E-state index is 3.52. The van der Waals surface area contributed by atoms with Gasteiger partial charge in [0.1, 0.15) is 0 Å². The molecule has 3 rings (SSSR count). The largest absolute Gasteiger partial charge is 0.314 e. The molecule has 0 spiro atoms. The van der Waals surface area contributed by atoms with Gasteiger partial charge in [-0.3, -0.25) is 4.90 Å². The molecule has 1 aromatic rings. The van der Waals surface area contributed by atoms with E-state index in [1.54, 1.807) is 16.0 Å². The third-order valence-corrected chi connectivity index (χ3v) is 5.07. The van der Waals surface area contributed by atoms with Crippen molar-refractivity contribution >= 4 is 11.3 Å². The van der Waals surface area contributed by atoms with Crippen molar-refractivity contribution in [3.63, 3.8) is 0 Å². The SMILES string of the molecule is CN1CCNCC1c1csc2c1CCCC2. The molecular formula is C13H20N2S.